The maximum atomic E-state index is 11.2. The van der Waals surface area contributed by atoms with Crippen molar-refractivity contribution in [2.24, 2.45) is 0 Å². The molecule has 0 aromatic heterocycles. The van der Waals surface area contributed by atoms with Crippen LogP contribution < -0.4 is 10.1 Å². The molecule has 0 aliphatic carbocycles. The molecule has 0 aliphatic rings. The topological polar surface area (TPSA) is 47.6 Å². The Morgan fingerprint density at radius 2 is 2.16 bits per heavy atom. The Labute approximate surface area is 115 Å². The van der Waals surface area contributed by atoms with Crippen LogP contribution in [0.5, 0.6) is 5.75 Å². The van der Waals surface area contributed by atoms with Gasteiger partial charge in [-0.05, 0) is 32.4 Å². The van der Waals surface area contributed by atoms with Crippen molar-refractivity contribution in [3.05, 3.63) is 24.3 Å². The van der Waals surface area contributed by atoms with Crippen LogP contribution in [0.2, 0.25) is 0 Å². The van der Waals surface area contributed by atoms with E-state index in [1.54, 1.807) is 6.92 Å². The van der Waals surface area contributed by atoms with E-state index in [9.17, 15) is 4.79 Å². The zero-order valence-corrected chi connectivity index (χ0v) is 11.9. The molecule has 1 unspecified atom stereocenters. The summed E-state index contributed by atoms with van der Waals surface area (Å²) in [5, 5.41) is 3.18. The van der Waals surface area contributed by atoms with E-state index in [2.05, 4.69) is 12.2 Å². The van der Waals surface area contributed by atoms with Gasteiger partial charge in [-0.2, -0.15) is 0 Å². The van der Waals surface area contributed by atoms with Gasteiger partial charge in [0.05, 0.1) is 19.1 Å². The summed E-state index contributed by atoms with van der Waals surface area (Å²) >= 11 is 0. The zero-order valence-electron chi connectivity index (χ0n) is 11.9. The van der Waals surface area contributed by atoms with Gasteiger partial charge in [-0.3, -0.25) is 4.79 Å². The fourth-order valence-electron chi connectivity index (χ4n) is 1.54. The minimum absolute atomic E-state index is 0.179. The predicted molar refractivity (Wildman–Crippen MR) is 76.6 cm³/mol. The average Bonchev–Trinajstić information content (AvgIpc) is 2.39. The highest BCUT2D eigenvalue weighted by molar-refractivity contribution is 5.70. The number of carbonyl (C=O) groups is 1. The first-order valence-corrected chi connectivity index (χ1v) is 6.82. The van der Waals surface area contributed by atoms with Gasteiger partial charge in [0, 0.05) is 18.3 Å². The molecule has 1 N–H and O–H groups in total. The Hall–Kier alpha value is -1.71. The van der Waals surface area contributed by atoms with Gasteiger partial charge >= 0.3 is 5.97 Å². The van der Waals surface area contributed by atoms with E-state index in [1.165, 1.54) is 0 Å². The summed E-state index contributed by atoms with van der Waals surface area (Å²) in [5.41, 5.74) is 0.949. The lowest BCUT2D eigenvalue weighted by molar-refractivity contribution is -0.142. The van der Waals surface area contributed by atoms with Crippen molar-refractivity contribution in [2.75, 3.05) is 18.5 Å². The molecule has 4 heteroatoms. The number of nitrogens with one attached hydrogen (secondary N) is 1. The molecular formula is C15H23NO3. The lowest BCUT2D eigenvalue weighted by Crippen LogP contribution is -2.12. The summed E-state index contributed by atoms with van der Waals surface area (Å²) in [6, 6.07) is 7.76. The van der Waals surface area contributed by atoms with E-state index in [0.717, 1.165) is 17.9 Å². The molecule has 0 radical (unpaired) electrons. The van der Waals surface area contributed by atoms with E-state index in [-0.39, 0.29) is 12.1 Å². The third-order valence-electron chi connectivity index (χ3n) is 2.71. The SMILES string of the molecule is CCOC(=O)CCNc1cccc(OC(C)CC)c1. The molecule has 0 bridgehead atoms. The quantitative estimate of drug-likeness (QED) is 0.733. The van der Waals surface area contributed by atoms with Crippen LogP contribution in [-0.2, 0) is 9.53 Å². The van der Waals surface area contributed by atoms with Crippen LogP contribution in [0.4, 0.5) is 5.69 Å². The Balaban J connectivity index is 2.41. The molecule has 0 spiro atoms. The molecule has 1 rings (SSSR count). The third-order valence-corrected chi connectivity index (χ3v) is 2.71. The second-order valence-electron chi connectivity index (χ2n) is 4.35. The van der Waals surface area contributed by atoms with Gasteiger partial charge in [-0.15, -0.1) is 0 Å². The lowest BCUT2D eigenvalue weighted by atomic mass is 10.2. The summed E-state index contributed by atoms with van der Waals surface area (Å²) in [6.45, 7) is 6.93. The van der Waals surface area contributed by atoms with Crippen LogP contribution in [0.1, 0.15) is 33.6 Å². The molecular weight excluding hydrogens is 242 g/mol. The smallest absolute Gasteiger partial charge is 0.307 e. The third kappa shape index (κ3) is 6.13. The molecule has 1 aromatic carbocycles. The van der Waals surface area contributed by atoms with Crippen LogP contribution in [0, 0.1) is 0 Å². The number of hydrogen-bond donors (Lipinski definition) is 1. The number of ether oxygens (including phenoxy) is 2. The molecule has 4 nitrogen and oxygen atoms in total. The van der Waals surface area contributed by atoms with Gasteiger partial charge in [-0.25, -0.2) is 0 Å². The van der Waals surface area contributed by atoms with Gasteiger partial charge in [-0.1, -0.05) is 13.0 Å². The highest BCUT2D eigenvalue weighted by atomic mass is 16.5. The van der Waals surface area contributed by atoms with Gasteiger partial charge in [0.1, 0.15) is 5.75 Å². The maximum Gasteiger partial charge on any atom is 0.307 e. The van der Waals surface area contributed by atoms with Crippen molar-refractivity contribution in [2.45, 2.75) is 39.7 Å². The zero-order chi connectivity index (χ0) is 14.1. The van der Waals surface area contributed by atoms with E-state index >= 15 is 0 Å². The first kappa shape index (κ1) is 15.3. The highest BCUT2D eigenvalue weighted by Gasteiger charge is 2.03. The first-order valence-electron chi connectivity index (χ1n) is 6.82. The number of benzene rings is 1. The fourth-order valence-corrected chi connectivity index (χ4v) is 1.54. The molecule has 0 saturated heterocycles. The minimum atomic E-state index is -0.179. The minimum Gasteiger partial charge on any atom is -0.491 e. The van der Waals surface area contributed by atoms with E-state index in [1.807, 2.05) is 31.2 Å². The average molecular weight is 265 g/mol. The number of esters is 1. The Morgan fingerprint density at radius 3 is 2.84 bits per heavy atom. The summed E-state index contributed by atoms with van der Waals surface area (Å²) < 4.78 is 10.6. The first-order chi connectivity index (χ1) is 9.15. The van der Waals surface area contributed by atoms with Gasteiger partial charge in [0.2, 0.25) is 0 Å². The Kier molecular flexibility index (Phi) is 6.79. The van der Waals surface area contributed by atoms with Crippen LogP contribution >= 0.6 is 0 Å². The standard InChI is InChI=1S/C15H23NO3/c1-4-12(3)19-14-8-6-7-13(11-14)16-10-9-15(17)18-5-2/h6-8,11-12,16H,4-5,9-10H2,1-3H3. The Bertz CT molecular complexity index is 393. The molecule has 1 aromatic rings. The summed E-state index contributed by atoms with van der Waals surface area (Å²) in [6.07, 6.45) is 1.54. The molecule has 0 aliphatic heterocycles. The van der Waals surface area contributed by atoms with Gasteiger partial charge < -0.3 is 14.8 Å². The van der Waals surface area contributed by atoms with Crippen LogP contribution in [0.25, 0.3) is 0 Å². The molecule has 1 atom stereocenters. The van der Waals surface area contributed by atoms with E-state index < -0.39 is 0 Å². The van der Waals surface area contributed by atoms with Crippen molar-refractivity contribution in [1.29, 1.82) is 0 Å². The van der Waals surface area contributed by atoms with Crippen molar-refractivity contribution in [3.8, 4) is 5.75 Å². The molecule has 0 saturated carbocycles. The molecule has 19 heavy (non-hydrogen) atoms. The van der Waals surface area contributed by atoms with Crippen LogP contribution in [0.3, 0.4) is 0 Å². The van der Waals surface area contributed by atoms with E-state index in [0.29, 0.717) is 19.6 Å². The monoisotopic (exact) mass is 265 g/mol. The summed E-state index contributed by atoms with van der Waals surface area (Å²) in [4.78, 5) is 11.2. The summed E-state index contributed by atoms with van der Waals surface area (Å²) in [5.74, 6) is 0.664. The van der Waals surface area contributed by atoms with Gasteiger partial charge in [0.15, 0.2) is 0 Å². The lowest BCUT2D eigenvalue weighted by Gasteiger charge is -2.14. The number of anilines is 1. The number of rotatable bonds is 8. The van der Waals surface area contributed by atoms with Crippen molar-refractivity contribution >= 4 is 11.7 Å². The Morgan fingerprint density at radius 1 is 1.37 bits per heavy atom. The van der Waals surface area contributed by atoms with Crippen molar-refractivity contribution in [1.82, 2.24) is 0 Å². The number of carbonyl (C=O) groups excluding carboxylic acids is 1. The highest BCUT2D eigenvalue weighted by Crippen LogP contribution is 2.19. The van der Waals surface area contributed by atoms with Crippen molar-refractivity contribution in [3.63, 3.8) is 0 Å². The second-order valence-corrected chi connectivity index (χ2v) is 4.35. The van der Waals surface area contributed by atoms with E-state index in [4.69, 9.17) is 9.47 Å². The number of hydrogen-bond acceptors (Lipinski definition) is 4. The normalized spacial score (nSPS) is 11.7. The molecule has 106 valence electrons. The van der Waals surface area contributed by atoms with Crippen LogP contribution in [-0.4, -0.2) is 25.2 Å². The molecule has 0 amide bonds. The molecule has 0 fully saturated rings. The predicted octanol–water partition coefficient (Wildman–Crippen LogP) is 3.23. The second kappa shape index (κ2) is 8.40. The van der Waals surface area contributed by atoms with Crippen LogP contribution in [0.15, 0.2) is 24.3 Å². The van der Waals surface area contributed by atoms with Crippen molar-refractivity contribution < 1.29 is 14.3 Å². The largest absolute Gasteiger partial charge is 0.491 e. The van der Waals surface area contributed by atoms with Gasteiger partial charge in [0.25, 0.3) is 0 Å². The fraction of sp³-hybridized carbons (Fsp3) is 0.533. The maximum absolute atomic E-state index is 11.2. The molecule has 0 heterocycles. The summed E-state index contributed by atoms with van der Waals surface area (Å²) in [7, 11) is 0.